The lowest BCUT2D eigenvalue weighted by molar-refractivity contribution is -0.124. The monoisotopic (exact) mass is 490 g/mol. The number of hydrogen-bond acceptors (Lipinski definition) is 5. The molecule has 3 rings (SSSR count). The molecule has 192 valence electrons. The summed E-state index contributed by atoms with van der Waals surface area (Å²) in [6, 6.07) is 11.4. The molecule has 0 bridgehead atoms. The van der Waals surface area contributed by atoms with Crippen LogP contribution in [0.5, 0.6) is 11.5 Å². The normalized spacial score (nSPS) is 12.3. The predicted molar refractivity (Wildman–Crippen MR) is 146 cm³/mol. The number of allylic oxidation sites excluding steroid dienone is 1. The number of phenols is 1. The summed E-state index contributed by atoms with van der Waals surface area (Å²) in [5.74, 6) is 0.788. The first-order valence-electron chi connectivity index (χ1n) is 12.7. The molecule has 36 heavy (non-hydrogen) atoms. The van der Waals surface area contributed by atoms with Gasteiger partial charge < -0.3 is 20.1 Å². The van der Waals surface area contributed by atoms with Crippen molar-refractivity contribution in [2.24, 2.45) is 5.92 Å². The maximum absolute atomic E-state index is 12.5. The van der Waals surface area contributed by atoms with Crippen LogP contribution >= 0.6 is 0 Å². The SMILES string of the molecule is CNC[C@H](C)CCCCCC(=O)CC(=O)/C=C/c1cc(OC)c(O)cc1Cc1c[nH]c2ccccc12. The van der Waals surface area contributed by atoms with Crippen LogP contribution in [0.25, 0.3) is 17.0 Å². The van der Waals surface area contributed by atoms with Gasteiger partial charge in [0.05, 0.1) is 13.5 Å². The van der Waals surface area contributed by atoms with Gasteiger partial charge in [-0.05, 0) is 73.3 Å². The number of methoxy groups -OCH3 is 1. The molecule has 0 aliphatic heterocycles. The molecule has 0 saturated carbocycles. The Morgan fingerprint density at radius 2 is 1.94 bits per heavy atom. The van der Waals surface area contributed by atoms with Crippen molar-refractivity contribution < 1.29 is 19.4 Å². The van der Waals surface area contributed by atoms with Crippen molar-refractivity contribution in [1.82, 2.24) is 10.3 Å². The van der Waals surface area contributed by atoms with Crippen molar-refractivity contribution in [3.8, 4) is 11.5 Å². The highest BCUT2D eigenvalue weighted by molar-refractivity contribution is 6.06. The number of benzene rings is 2. The van der Waals surface area contributed by atoms with Crippen molar-refractivity contribution >= 4 is 28.5 Å². The van der Waals surface area contributed by atoms with Gasteiger partial charge in [-0.2, -0.15) is 0 Å². The van der Waals surface area contributed by atoms with Gasteiger partial charge >= 0.3 is 0 Å². The number of carbonyl (C=O) groups excluding carboxylic acids is 2. The second kappa shape index (κ2) is 13.6. The highest BCUT2D eigenvalue weighted by Crippen LogP contribution is 2.32. The number of H-pyrrole nitrogens is 1. The molecule has 0 aliphatic rings. The van der Waals surface area contributed by atoms with E-state index >= 15 is 0 Å². The lowest BCUT2D eigenvalue weighted by Gasteiger charge is -2.11. The summed E-state index contributed by atoms with van der Waals surface area (Å²) in [4.78, 5) is 28.1. The minimum atomic E-state index is -0.215. The molecular formula is C30H38N2O4. The minimum Gasteiger partial charge on any atom is -0.504 e. The summed E-state index contributed by atoms with van der Waals surface area (Å²) in [7, 11) is 3.45. The van der Waals surface area contributed by atoms with E-state index < -0.39 is 0 Å². The summed E-state index contributed by atoms with van der Waals surface area (Å²) >= 11 is 0. The highest BCUT2D eigenvalue weighted by Gasteiger charge is 2.13. The van der Waals surface area contributed by atoms with Crippen LogP contribution in [0.4, 0.5) is 0 Å². The first-order chi connectivity index (χ1) is 17.4. The van der Waals surface area contributed by atoms with E-state index in [2.05, 4.69) is 23.3 Å². The molecule has 0 unspecified atom stereocenters. The Balaban J connectivity index is 1.60. The van der Waals surface area contributed by atoms with E-state index in [1.165, 1.54) is 13.2 Å². The Hall–Kier alpha value is -3.38. The van der Waals surface area contributed by atoms with E-state index in [0.717, 1.165) is 59.8 Å². The summed E-state index contributed by atoms with van der Waals surface area (Å²) in [5, 5.41) is 14.7. The molecule has 6 heteroatoms. The molecule has 0 aliphatic carbocycles. The minimum absolute atomic E-state index is 0.0183. The average Bonchev–Trinajstić information content (AvgIpc) is 3.26. The van der Waals surface area contributed by atoms with Gasteiger partial charge in [-0.1, -0.05) is 44.0 Å². The van der Waals surface area contributed by atoms with E-state index in [1.54, 1.807) is 18.2 Å². The smallest absolute Gasteiger partial charge is 0.163 e. The molecule has 2 aromatic carbocycles. The Labute approximate surface area is 213 Å². The van der Waals surface area contributed by atoms with E-state index in [-0.39, 0.29) is 23.7 Å². The number of unbranched alkanes of at least 4 members (excludes halogenated alkanes) is 2. The number of para-hydroxylation sites is 1. The van der Waals surface area contributed by atoms with E-state index in [0.29, 0.717) is 24.5 Å². The summed E-state index contributed by atoms with van der Waals surface area (Å²) < 4.78 is 5.28. The number of phenolic OH excluding ortho intramolecular Hbond substituents is 1. The van der Waals surface area contributed by atoms with Gasteiger partial charge in [-0.25, -0.2) is 0 Å². The van der Waals surface area contributed by atoms with Gasteiger partial charge in [0.25, 0.3) is 0 Å². The number of carbonyl (C=O) groups is 2. The molecule has 0 radical (unpaired) electrons. The van der Waals surface area contributed by atoms with E-state index in [4.69, 9.17) is 4.74 Å². The standard InChI is InChI=1S/C30H38N2O4/c1-21(19-31-2)9-5-4-6-10-25(33)18-26(34)14-13-22-17-30(36-3)29(35)16-23(22)15-24-20-32-28-12-8-7-11-27(24)28/h7-8,11-14,16-17,20-21,31-32,35H,4-6,9-10,15,18-19H2,1-3H3/b14-13+/t21-/m1/s1. The zero-order valence-corrected chi connectivity index (χ0v) is 21.6. The average molecular weight is 491 g/mol. The number of fused-ring (bicyclic) bond motifs is 1. The zero-order chi connectivity index (χ0) is 25.9. The van der Waals surface area contributed by atoms with Gasteiger partial charge in [0.15, 0.2) is 17.3 Å². The number of ether oxygens (including phenoxy) is 1. The summed E-state index contributed by atoms with van der Waals surface area (Å²) in [6.45, 7) is 3.23. The van der Waals surface area contributed by atoms with Gasteiger partial charge in [0, 0.05) is 29.9 Å². The van der Waals surface area contributed by atoms with Crippen molar-refractivity contribution in [1.29, 1.82) is 0 Å². The molecule has 3 N–H and O–H groups in total. The molecular weight excluding hydrogens is 452 g/mol. The number of hydrogen-bond donors (Lipinski definition) is 3. The quantitative estimate of drug-likeness (QED) is 0.142. The fourth-order valence-corrected chi connectivity index (χ4v) is 4.55. The fourth-order valence-electron chi connectivity index (χ4n) is 4.55. The predicted octanol–water partition coefficient (Wildman–Crippen LogP) is 5.82. The Bertz CT molecular complexity index is 1190. The highest BCUT2D eigenvalue weighted by atomic mass is 16.5. The fraction of sp³-hybridized carbons (Fsp3) is 0.400. The zero-order valence-electron chi connectivity index (χ0n) is 21.6. The van der Waals surface area contributed by atoms with Crippen LogP contribution in [-0.2, 0) is 16.0 Å². The first kappa shape index (κ1) is 27.2. The molecule has 0 spiro atoms. The summed E-state index contributed by atoms with van der Waals surface area (Å²) in [5.41, 5.74) is 3.77. The number of ketones is 2. The number of aromatic nitrogens is 1. The third-order valence-corrected chi connectivity index (χ3v) is 6.52. The Morgan fingerprint density at radius 1 is 1.14 bits per heavy atom. The molecule has 1 heterocycles. The van der Waals surface area contributed by atoms with E-state index in [1.807, 2.05) is 31.4 Å². The number of rotatable bonds is 15. The van der Waals surface area contributed by atoms with Gasteiger partial charge in [0.1, 0.15) is 5.78 Å². The van der Waals surface area contributed by atoms with Crippen molar-refractivity contribution in [2.75, 3.05) is 20.7 Å². The van der Waals surface area contributed by atoms with E-state index in [9.17, 15) is 14.7 Å². The first-order valence-corrected chi connectivity index (χ1v) is 12.7. The van der Waals surface area contributed by atoms with Crippen LogP contribution in [0.15, 0.2) is 48.7 Å². The summed E-state index contributed by atoms with van der Waals surface area (Å²) in [6.07, 6.45) is 10.1. The van der Waals surface area contributed by atoms with Crippen LogP contribution in [0.1, 0.15) is 62.1 Å². The maximum atomic E-state index is 12.5. The number of Topliss-reactive ketones (excluding diaryl/α,β-unsaturated/α-hetero) is 1. The van der Waals surface area contributed by atoms with Crippen LogP contribution in [0, 0.1) is 5.92 Å². The molecule has 1 atom stereocenters. The van der Waals surface area contributed by atoms with Crippen LogP contribution in [-0.4, -0.2) is 42.4 Å². The second-order valence-corrected chi connectivity index (χ2v) is 9.54. The van der Waals surface area contributed by atoms with Gasteiger partial charge in [-0.15, -0.1) is 0 Å². The molecule has 1 aromatic heterocycles. The largest absolute Gasteiger partial charge is 0.504 e. The molecule has 0 saturated heterocycles. The van der Waals surface area contributed by atoms with Gasteiger partial charge in [0.2, 0.25) is 0 Å². The third-order valence-electron chi connectivity index (χ3n) is 6.52. The number of aromatic amines is 1. The van der Waals surface area contributed by atoms with Crippen LogP contribution < -0.4 is 10.1 Å². The lowest BCUT2D eigenvalue weighted by atomic mass is 9.97. The second-order valence-electron chi connectivity index (χ2n) is 9.54. The van der Waals surface area contributed by atoms with Crippen LogP contribution in [0.3, 0.4) is 0 Å². The van der Waals surface area contributed by atoms with Crippen LogP contribution in [0.2, 0.25) is 0 Å². The Morgan fingerprint density at radius 3 is 2.72 bits per heavy atom. The topological polar surface area (TPSA) is 91.4 Å². The van der Waals surface area contributed by atoms with Crippen molar-refractivity contribution in [3.05, 3.63) is 65.4 Å². The molecule has 3 aromatic rings. The van der Waals surface area contributed by atoms with Gasteiger partial charge in [-0.3, -0.25) is 9.59 Å². The van der Waals surface area contributed by atoms with Crippen molar-refractivity contribution in [2.45, 2.75) is 51.9 Å². The number of nitrogens with one attached hydrogen (secondary N) is 2. The van der Waals surface area contributed by atoms with Crippen molar-refractivity contribution in [3.63, 3.8) is 0 Å². The Kier molecular flexibility index (Phi) is 10.3. The molecule has 0 amide bonds. The lowest BCUT2D eigenvalue weighted by Crippen LogP contribution is -2.15. The molecule has 6 nitrogen and oxygen atoms in total. The molecule has 0 fully saturated rings. The number of aromatic hydroxyl groups is 1. The third kappa shape index (κ3) is 7.82. The maximum Gasteiger partial charge on any atom is 0.163 e.